The fourth-order valence-corrected chi connectivity index (χ4v) is 4.00. The van der Waals surface area contributed by atoms with Crippen molar-refractivity contribution in [1.29, 1.82) is 0 Å². The first-order valence-electron chi connectivity index (χ1n) is 10.3. The maximum atomic E-state index is 9.51. The lowest BCUT2D eigenvalue weighted by Crippen LogP contribution is -2.53. The predicted molar refractivity (Wildman–Crippen MR) is 115 cm³/mol. The molecule has 0 amide bonds. The number of aliphatic hydroxyl groups excluding tert-OH is 1. The Hall–Kier alpha value is -1.95. The van der Waals surface area contributed by atoms with Gasteiger partial charge in [-0.1, -0.05) is 23.8 Å². The third-order valence-corrected chi connectivity index (χ3v) is 5.46. The number of nitrogens with zero attached hydrogens (tertiary/aromatic N) is 4. The lowest BCUT2D eigenvalue weighted by molar-refractivity contribution is 0.0637. The molecule has 0 spiro atoms. The van der Waals surface area contributed by atoms with E-state index in [1.54, 1.807) is 0 Å². The van der Waals surface area contributed by atoms with Crippen LogP contribution < -0.4 is 0 Å². The molecule has 0 radical (unpaired) electrons. The van der Waals surface area contributed by atoms with Gasteiger partial charge in [0.2, 0.25) is 0 Å². The maximum Gasteiger partial charge on any atom is 0.0651 e. The molecule has 1 fully saturated rings. The molecule has 1 N–H and O–H groups in total. The molecule has 0 unspecified atom stereocenters. The molecular formula is C23H34N4O. The van der Waals surface area contributed by atoms with Crippen LogP contribution >= 0.6 is 0 Å². The molecular weight excluding hydrogens is 348 g/mol. The number of rotatable bonds is 7. The highest BCUT2D eigenvalue weighted by molar-refractivity contribution is 5.37. The molecule has 5 heteroatoms. The van der Waals surface area contributed by atoms with Crippen LogP contribution in [0.4, 0.5) is 0 Å². The lowest BCUT2D eigenvalue weighted by atomic mass is 10.1. The van der Waals surface area contributed by atoms with Crippen LogP contribution in [0.3, 0.4) is 0 Å². The molecule has 152 valence electrons. The standard InChI is InChI=1S/C23H34N4O/c1-18(2)8-10-26-12-11-25(17-23(26)9-13-28)16-21-6-5-7-22(15-21)27-20(4)14-19(3)24-27/h5-8,14-15,23,28H,9-13,16-17H2,1-4H3/t23-/m0/s1. The van der Waals surface area contributed by atoms with E-state index >= 15 is 0 Å². The van der Waals surface area contributed by atoms with Gasteiger partial charge in [-0.25, -0.2) is 4.68 Å². The van der Waals surface area contributed by atoms with Crippen LogP contribution in [0.15, 0.2) is 42.0 Å². The van der Waals surface area contributed by atoms with Crippen molar-refractivity contribution in [3.8, 4) is 5.69 Å². The van der Waals surface area contributed by atoms with Crippen LogP contribution in [0.5, 0.6) is 0 Å². The van der Waals surface area contributed by atoms with Gasteiger partial charge in [0.25, 0.3) is 0 Å². The Morgan fingerprint density at radius 2 is 2.04 bits per heavy atom. The highest BCUT2D eigenvalue weighted by atomic mass is 16.3. The van der Waals surface area contributed by atoms with Gasteiger partial charge in [0.05, 0.1) is 11.4 Å². The Balaban J connectivity index is 1.68. The van der Waals surface area contributed by atoms with E-state index in [-0.39, 0.29) is 6.61 Å². The summed E-state index contributed by atoms with van der Waals surface area (Å²) in [6, 6.07) is 11.2. The lowest BCUT2D eigenvalue weighted by Gasteiger charge is -2.41. The van der Waals surface area contributed by atoms with E-state index in [9.17, 15) is 5.11 Å². The largest absolute Gasteiger partial charge is 0.396 e. The van der Waals surface area contributed by atoms with Crippen LogP contribution in [0.25, 0.3) is 5.69 Å². The second kappa shape index (κ2) is 9.50. The number of allylic oxidation sites excluding steroid dienone is 1. The predicted octanol–water partition coefficient (Wildman–Crippen LogP) is 3.32. The smallest absolute Gasteiger partial charge is 0.0651 e. The first-order valence-corrected chi connectivity index (χ1v) is 10.3. The van der Waals surface area contributed by atoms with Crippen LogP contribution in [0, 0.1) is 13.8 Å². The van der Waals surface area contributed by atoms with Gasteiger partial charge in [-0.3, -0.25) is 9.80 Å². The molecule has 2 aromatic rings. The first-order chi connectivity index (χ1) is 13.5. The summed E-state index contributed by atoms with van der Waals surface area (Å²) in [4.78, 5) is 5.02. The fourth-order valence-electron chi connectivity index (χ4n) is 4.00. The van der Waals surface area contributed by atoms with E-state index in [0.717, 1.165) is 56.2 Å². The Bertz CT molecular complexity index is 807. The van der Waals surface area contributed by atoms with Crippen molar-refractivity contribution in [2.45, 2.75) is 46.7 Å². The summed E-state index contributed by atoms with van der Waals surface area (Å²) < 4.78 is 2.02. The maximum absolute atomic E-state index is 9.51. The molecule has 1 aliphatic heterocycles. The molecule has 1 saturated heterocycles. The van der Waals surface area contributed by atoms with Gasteiger partial charge in [0.15, 0.2) is 0 Å². The average Bonchev–Trinajstić information content (AvgIpc) is 3.00. The first kappa shape index (κ1) is 20.8. The van der Waals surface area contributed by atoms with Crippen molar-refractivity contribution in [2.75, 3.05) is 32.8 Å². The van der Waals surface area contributed by atoms with Crippen LogP contribution in [-0.4, -0.2) is 63.5 Å². The number of hydrogen-bond acceptors (Lipinski definition) is 4. The minimum Gasteiger partial charge on any atom is -0.396 e. The van der Waals surface area contributed by atoms with Crippen molar-refractivity contribution in [3.63, 3.8) is 0 Å². The Morgan fingerprint density at radius 3 is 2.71 bits per heavy atom. The Morgan fingerprint density at radius 1 is 1.21 bits per heavy atom. The molecule has 0 saturated carbocycles. The SMILES string of the molecule is CC(C)=CCN1CCN(Cc2cccc(-n3nc(C)cc3C)c2)C[C@@H]1CCO. The van der Waals surface area contributed by atoms with E-state index in [2.05, 4.69) is 72.1 Å². The van der Waals surface area contributed by atoms with E-state index in [1.165, 1.54) is 11.1 Å². The quantitative estimate of drug-likeness (QED) is 0.746. The molecule has 1 aromatic heterocycles. The number of piperazine rings is 1. The molecule has 28 heavy (non-hydrogen) atoms. The summed E-state index contributed by atoms with van der Waals surface area (Å²) in [5.74, 6) is 0. The van der Waals surface area contributed by atoms with E-state index < -0.39 is 0 Å². The van der Waals surface area contributed by atoms with Crippen LogP contribution in [-0.2, 0) is 6.54 Å². The van der Waals surface area contributed by atoms with Crippen molar-refractivity contribution < 1.29 is 5.11 Å². The molecule has 1 atom stereocenters. The monoisotopic (exact) mass is 382 g/mol. The number of hydrogen-bond donors (Lipinski definition) is 1. The normalized spacial score (nSPS) is 18.4. The third kappa shape index (κ3) is 5.31. The van der Waals surface area contributed by atoms with Gasteiger partial charge in [-0.05, 0) is 57.9 Å². The Labute approximate surface area is 169 Å². The minimum absolute atomic E-state index is 0.247. The molecule has 1 aliphatic rings. The van der Waals surface area contributed by atoms with Crippen LogP contribution in [0.2, 0.25) is 0 Å². The molecule has 0 bridgehead atoms. The second-order valence-corrected chi connectivity index (χ2v) is 8.19. The van der Waals surface area contributed by atoms with Crippen molar-refractivity contribution in [1.82, 2.24) is 19.6 Å². The van der Waals surface area contributed by atoms with Gasteiger partial charge in [0, 0.05) is 51.1 Å². The van der Waals surface area contributed by atoms with Gasteiger partial charge in [-0.15, -0.1) is 0 Å². The zero-order valence-corrected chi connectivity index (χ0v) is 17.7. The van der Waals surface area contributed by atoms with Crippen LogP contribution in [0.1, 0.15) is 37.2 Å². The van der Waals surface area contributed by atoms with E-state index in [4.69, 9.17) is 0 Å². The van der Waals surface area contributed by atoms with Gasteiger partial charge in [-0.2, -0.15) is 5.10 Å². The number of aliphatic hydroxyl groups is 1. The Kier molecular flexibility index (Phi) is 7.05. The van der Waals surface area contributed by atoms with Gasteiger partial charge in [0.1, 0.15) is 0 Å². The van der Waals surface area contributed by atoms with E-state index in [0.29, 0.717) is 6.04 Å². The molecule has 2 heterocycles. The molecule has 5 nitrogen and oxygen atoms in total. The van der Waals surface area contributed by atoms with E-state index in [1.807, 2.05) is 11.6 Å². The molecule has 1 aromatic carbocycles. The fraction of sp³-hybridized carbons (Fsp3) is 0.522. The summed E-state index contributed by atoms with van der Waals surface area (Å²) in [6.45, 7) is 13.7. The summed E-state index contributed by atoms with van der Waals surface area (Å²) in [5.41, 5.74) is 5.99. The highest BCUT2D eigenvalue weighted by Crippen LogP contribution is 2.18. The van der Waals surface area contributed by atoms with Gasteiger partial charge >= 0.3 is 0 Å². The summed E-state index contributed by atoms with van der Waals surface area (Å²) in [7, 11) is 0. The molecule has 3 rings (SSSR count). The minimum atomic E-state index is 0.247. The zero-order chi connectivity index (χ0) is 20.1. The topological polar surface area (TPSA) is 44.5 Å². The average molecular weight is 383 g/mol. The van der Waals surface area contributed by atoms with Crippen molar-refractivity contribution >= 4 is 0 Å². The zero-order valence-electron chi connectivity index (χ0n) is 17.7. The summed E-state index contributed by atoms with van der Waals surface area (Å²) >= 11 is 0. The van der Waals surface area contributed by atoms with Crippen molar-refractivity contribution in [2.24, 2.45) is 0 Å². The highest BCUT2D eigenvalue weighted by Gasteiger charge is 2.25. The molecule has 0 aliphatic carbocycles. The number of aromatic nitrogens is 2. The number of aryl methyl sites for hydroxylation is 2. The van der Waals surface area contributed by atoms with Gasteiger partial charge < -0.3 is 5.11 Å². The third-order valence-electron chi connectivity index (χ3n) is 5.46. The van der Waals surface area contributed by atoms with Crippen molar-refractivity contribution in [3.05, 3.63) is 58.9 Å². The summed E-state index contributed by atoms with van der Waals surface area (Å²) in [6.07, 6.45) is 3.12. The number of benzene rings is 1. The summed E-state index contributed by atoms with van der Waals surface area (Å²) in [5, 5.41) is 14.1. The second-order valence-electron chi connectivity index (χ2n) is 8.19.